The predicted octanol–water partition coefficient (Wildman–Crippen LogP) is 8.93. The zero-order valence-electron chi connectivity index (χ0n) is 26.5. The minimum absolute atomic E-state index is 0.00849. The molecular weight excluding hydrogens is 666 g/mol. The van der Waals surface area contributed by atoms with Gasteiger partial charge in [0.25, 0.3) is 11.8 Å². The maximum atomic E-state index is 13.7. The molecule has 0 radical (unpaired) electrons. The lowest BCUT2D eigenvalue weighted by Crippen LogP contribution is -2.47. The Kier molecular flexibility index (Phi) is 12.2. The summed E-state index contributed by atoms with van der Waals surface area (Å²) in [6.07, 6.45) is -5.79. The third-order valence-corrected chi connectivity index (χ3v) is 6.11. The molecule has 0 spiro atoms. The molecule has 1 aromatic carbocycles. The van der Waals surface area contributed by atoms with Crippen LogP contribution in [-0.2, 0) is 18.9 Å². The molecule has 246 valence electrons. The molecule has 0 fully saturated rings. The number of carbonyl (C=O) groups excluding carboxylic acids is 6. The summed E-state index contributed by atoms with van der Waals surface area (Å²) in [6.45, 7) is 17.8. The van der Waals surface area contributed by atoms with Gasteiger partial charge in [-0.05, 0) is 83.1 Å². The summed E-state index contributed by atoms with van der Waals surface area (Å²) < 4.78 is 20.8. The number of imide groups is 6. The Labute approximate surface area is 276 Å². The van der Waals surface area contributed by atoms with Crippen molar-refractivity contribution in [2.75, 3.05) is 0 Å². The van der Waals surface area contributed by atoms with Gasteiger partial charge in [0.05, 0.1) is 31.2 Å². The molecule has 1 rings (SSSR count). The Hall–Kier alpha value is -2.80. The summed E-state index contributed by atoms with van der Waals surface area (Å²) >= 11 is 25.5. The number of nitrogens with zero attached hydrogens (tertiary/aromatic N) is 2. The molecule has 0 bridgehead atoms. The summed E-state index contributed by atoms with van der Waals surface area (Å²) in [4.78, 5) is 79.4. The summed E-state index contributed by atoms with van der Waals surface area (Å²) in [5.41, 5.74) is -6.24. The fourth-order valence-corrected chi connectivity index (χ4v) is 4.12. The maximum absolute atomic E-state index is 13.7. The number of benzene rings is 1. The van der Waals surface area contributed by atoms with Crippen molar-refractivity contribution in [1.29, 1.82) is 0 Å². The molecule has 0 aliphatic carbocycles. The van der Waals surface area contributed by atoms with Crippen LogP contribution in [0.2, 0.25) is 20.1 Å². The predicted molar refractivity (Wildman–Crippen MR) is 164 cm³/mol. The van der Waals surface area contributed by atoms with E-state index in [0.717, 1.165) is 0 Å². The number of rotatable bonds is 2. The van der Waals surface area contributed by atoms with Crippen LogP contribution in [0.15, 0.2) is 0 Å². The van der Waals surface area contributed by atoms with E-state index < -0.39 is 89.8 Å². The first-order valence-electron chi connectivity index (χ1n) is 13.0. The van der Waals surface area contributed by atoms with Crippen molar-refractivity contribution in [3.63, 3.8) is 0 Å². The third-order valence-electron chi connectivity index (χ3n) is 4.40. The van der Waals surface area contributed by atoms with Crippen LogP contribution in [-0.4, -0.2) is 68.4 Å². The molecule has 0 heterocycles. The fourth-order valence-electron chi connectivity index (χ4n) is 2.94. The molecular formula is C28H36Cl4N2O10. The van der Waals surface area contributed by atoms with E-state index in [0.29, 0.717) is 0 Å². The highest BCUT2D eigenvalue weighted by atomic mass is 35.5. The van der Waals surface area contributed by atoms with Gasteiger partial charge in [0.15, 0.2) is 0 Å². The van der Waals surface area contributed by atoms with Crippen LogP contribution in [0.4, 0.5) is 19.2 Å². The highest BCUT2D eigenvalue weighted by molar-refractivity contribution is 6.53. The lowest BCUT2D eigenvalue weighted by atomic mass is 10.1. The number of hydrogen-bond donors (Lipinski definition) is 0. The Bertz CT molecular complexity index is 1180. The maximum Gasteiger partial charge on any atom is 0.427 e. The molecule has 0 saturated carbocycles. The molecule has 6 amide bonds. The van der Waals surface area contributed by atoms with Crippen molar-refractivity contribution >= 4 is 82.6 Å². The van der Waals surface area contributed by atoms with Gasteiger partial charge >= 0.3 is 24.4 Å². The Morgan fingerprint density at radius 3 is 0.705 bits per heavy atom. The normalized spacial score (nSPS) is 12.2. The molecule has 0 N–H and O–H groups in total. The van der Waals surface area contributed by atoms with Gasteiger partial charge in [0.2, 0.25) is 0 Å². The Morgan fingerprint density at radius 2 is 0.568 bits per heavy atom. The van der Waals surface area contributed by atoms with Crippen molar-refractivity contribution in [2.24, 2.45) is 0 Å². The summed E-state index contributed by atoms with van der Waals surface area (Å²) in [5.74, 6) is -2.94. The van der Waals surface area contributed by atoms with Crippen molar-refractivity contribution in [1.82, 2.24) is 9.80 Å². The van der Waals surface area contributed by atoms with Crippen molar-refractivity contribution in [3.8, 4) is 0 Å². The number of amides is 6. The van der Waals surface area contributed by atoms with Gasteiger partial charge in [-0.2, -0.15) is 0 Å². The lowest BCUT2D eigenvalue weighted by molar-refractivity contribution is 0.000959. The van der Waals surface area contributed by atoms with Gasteiger partial charge in [-0.1, -0.05) is 46.4 Å². The number of ether oxygens (including phenoxy) is 4. The Morgan fingerprint density at radius 1 is 0.409 bits per heavy atom. The van der Waals surface area contributed by atoms with E-state index in [9.17, 15) is 28.8 Å². The molecule has 0 unspecified atom stereocenters. The van der Waals surface area contributed by atoms with Crippen molar-refractivity contribution in [2.45, 2.75) is 105 Å². The average molecular weight is 702 g/mol. The quantitative estimate of drug-likeness (QED) is 0.216. The monoisotopic (exact) mass is 700 g/mol. The van der Waals surface area contributed by atoms with E-state index in [-0.39, 0.29) is 9.80 Å². The van der Waals surface area contributed by atoms with Crippen LogP contribution < -0.4 is 0 Å². The molecule has 1 aromatic rings. The molecule has 0 aliphatic rings. The van der Waals surface area contributed by atoms with E-state index in [4.69, 9.17) is 65.4 Å². The van der Waals surface area contributed by atoms with Gasteiger partial charge in [-0.25, -0.2) is 19.2 Å². The second-order valence-corrected chi connectivity index (χ2v) is 14.7. The zero-order valence-corrected chi connectivity index (χ0v) is 29.5. The second-order valence-electron chi connectivity index (χ2n) is 13.2. The van der Waals surface area contributed by atoms with Gasteiger partial charge in [-0.15, -0.1) is 9.80 Å². The molecule has 0 aromatic heterocycles. The van der Waals surface area contributed by atoms with Gasteiger partial charge in [0.1, 0.15) is 22.4 Å². The van der Waals surface area contributed by atoms with Crippen LogP contribution in [0.25, 0.3) is 0 Å². The second kappa shape index (κ2) is 13.7. The SMILES string of the molecule is CC(C)(C)OC(=O)N(C(=O)OC(C)(C)C)C(=O)c1c(Cl)c(Cl)c(C(=O)N(C(=O)OC(C)(C)C)C(=O)OC(C)(C)C)c(Cl)c1Cl. The topological polar surface area (TPSA) is 146 Å². The Balaban J connectivity index is 3.90. The zero-order chi connectivity index (χ0) is 34.9. The average Bonchev–Trinajstić information content (AvgIpc) is 2.73. The first-order chi connectivity index (χ1) is 19.5. The minimum atomic E-state index is -1.47. The van der Waals surface area contributed by atoms with E-state index in [1.54, 1.807) is 0 Å². The largest absolute Gasteiger partial charge is 0.443 e. The van der Waals surface area contributed by atoms with Crippen LogP contribution in [0, 0.1) is 0 Å². The molecule has 0 aliphatic heterocycles. The highest BCUT2D eigenvalue weighted by Gasteiger charge is 2.43. The van der Waals surface area contributed by atoms with E-state index in [2.05, 4.69) is 0 Å². The van der Waals surface area contributed by atoms with Gasteiger partial charge < -0.3 is 18.9 Å². The smallest absolute Gasteiger partial charge is 0.427 e. The van der Waals surface area contributed by atoms with Crippen molar-refractivity contribution < 1.29 is 47.7 Å². The molecule has 12 nitrogen and oxygen atoms in total. The molecule has 16 heteroatoms. The van der Waals surface area contributed by atoms with E-state index >= 15 is 0 Å². The van der Waals surface area contributed by atoms with E-state index in [1.807, 2.05) is 0 Å². The fraction of sp³-hybridized carbons (Fsp3) is 0.571. The van der Waals surface area contributed by atoms with E-state index in [1.165, 1.54) is 83.1 Å². The van der Waals surface area contributed by atoms with Crippen molar-refractivity contribution in [3.05, 3.63) is 31.2 Å². The summed E-state index contributed by atoms with van der Waals surface area (Å²) in [7, 11) is 0. The van der Waals surface area contributed by atoms with Crippen LogP contribution in [0.5, 0.6) is 0 Å². The number of hydrogen-bond acceptors (Lipinski definition) is 10. The lowest BCUT2D eigenvalue weighted by Gasteiger charge is -2.29. The van der Waals surface area contributed by atoms with Crippen LogP contribution in [0.1, 0.15) is 104 Å². The number of carbonyl (C=O) groups is 6. The first kappa shape index (κ1) is 39.2. The third kappa shape index (κ3) is 10.7. The van der Waals surface area contributed by atoms with Gasteiger partial charge in [0, 0.05) is 0 Å². The molecule has 0 atom stereocenters. The summed E-state index contributed by atoms with van der Waals surface area (Å²) in [5, 5.41) is -3.06. The minimum Gasteiger partial charge on any atom is -0.443 e. The highest BCUT2D eigenvalue weighted by Crippen LogP contribution is 2.43. The standard InChI is InChI=1S/C28H36Cl4N2O10/c1-25(2,3)41-21(37)33(22(38)42-26(4,5)6)19(35)13-15(29)17(31)14(18(32)16(13)30)20(36)34(23(39)43-27(7,8)9)24(40)44-28(10,11)12/h1-12H3. The first-order valence-corrected chi connectivity index (χ1v) is 14.5. The molecule has 0 saturated heterocycles. The molecule has 44 heavy (non-hydrogen) atoms. The summed E-state index contributed by atoms with van der Waals surface area (Å²) in [6, 6.07) is 0. The van der Waals surface area contributed by atoms with Crippen LogP contribution >= 0.6 is 46.4 Å². The van der Waals surface area contributed by atoms with Crippen LogP contribution in [0.3, 0.4) is 0 Å². The number of halogens is 4. The van der Waals surface area contributed by atoms with Gasteiger partial charge in [-0.3, -0.25) is 9.59 Å².